The molecule has 1 aliphatic heterocycles. The molecule has 4 aromatic rings. The van der Waals surface area contributed by atoms with Gasteiger partial charge in [-0.15, -0.1) is 0 Å². The van der Waals surface area contributed by atoms with Gasteiger partial charge >= 0.3 is 11.9 Å². The third kappa shape index (κ3) is 3.66. The van der Waals surface area contributed by atoms with E-state index in [0.717, 1.165) is 21.8 Å². The Labute approximate surface area is 216 Å². The normalized spacial score (nSPS) is 22.1. The molecule has 0 fully saturated rings. The number of hydrogen-bond acceptors (Lipinski definition) is 8. The highest BCUT2D eigenvalue weighted by Gasteiger charge is 2.51. The fraction of sp³-hybridized carbons (Fsp3) is 0.185. The molecule has 0 radical (unpaired) electrons. The second kappa shape index (κ2) is 8.80. The number of para-hydroxylation sites is 1. The lowest BCUT2D eigenvalue weighted by molar-refractivity contribution is -0.169. The van der Waals surface area contributed by atoms with Crippen LogP contribution in [0, 0.1) is 12.8 Å². The zero-order chi connectivity index (χ0) is 26.6. The topological polar surface area (TPSA) is 137 Å². The zero-order valence-corrected chi connectivity index (χ0v) is 20.8. The van der Waals surface area contributed by atoms with E-state index >= 15 is 0 Å². The minimum Gasteiger partial charge on any atom is -0.454 e. The first-order valence-electron chi connectivity index (χ1n) is 11.8. The van der Waals surface area contributed by atoms with Gasteiger partial charge in [0.05, 0.1) is 39.6 Å². The van der Waals surface area contributed by atoms with Crippen LogP contribution in [0.2, 0.25) is 0 Å². The molecule has 38 heavy (non-hydrogen) atoms. The summed E-state index contributed by atoms with van der Waals surface area (Å²) < 4.78 is 40.5. The molecule has 2 aliphatic rings. The maximum Gasteiger partial charge on any atom is 0.331 e. The third-order valence-corrected chi connectivity index (χ3v) is 8.64. The van der Waals surface area contributed by atoms with Gasteiger partial charge in [-0.3, -0.25) is 4.79 Å². The minimum atomic E-state index is -4.27. The van der Waals surface area contributed by atoms with Gasteiger partial charge in [0, 0.05) is 29.7 Å². The summed E-state index contributed by atoms with van der Waals surface area (Å²) in [5, 5.41) is 0.384. The lowest BCUT2D eigenvalue weighted by Crippen LogP contribution is -2.46. The van der Waals surface area contributed by atoms with Crippen molar-refractivity contribution >= 4 is 38.6 Å². The van der Waals surface area contributed by atoms with Crippen LogP contribution in [-0.4, -0.2) is 46.2 Å². The molecule has 11 heteroatoms. The van der Waals surface area contributed by atoms with Gasteiger partial charge < -0.3 is 14.5 Å². The van der Waals surface area contributed by atoms with E-state index in [0.29, 0.717) is 11.1 Å². The molecule has 3 atom stereocenters. The average molecular weight is 532 g/mol. The lowest BCUT2D eigenvalue weighted by atomic mass is 9.78. The van der Waals surface area contributed by atoms with E-state index in [-0.39, 0.29) is 28.1 Å². The summed E-state index contributed by atoms with van der Waals surface area (Å²) in [4.78, 5) is 46.7. The van der Waals surface area contributed by atoms with Gasteiger partial charge in [0.25, 0.3) is 10.0 Å². The number of esters is 2. The number of ketones is 1. The number of nitrogens with one attached hydrogen (secondary N) is 1. The summed E-state index contributed by atoms with van der Waals surface area (Å²) in [6.07, 6.45) is 0.743. The number of H-pyrrole nitrogens is 1. The second-order valence-corrected chi connectivity index (χ2v) is 10.9. The average Bonchev–Trinajstić information content (AvgIpc) is 3.48. The van der Waals surface area contributed by atoms with Crippen LogP contribution in [0.4, 0.5) is 0 Å². The molecular formula is C27H21N3O7S. The molecule has 0 bridgehead atoms. The van der Waals surface area contributed by atoms with Crippen LogP contribution in [0.15, 0.2) is 78.0 Å². The SMILES string of the molecule is Cc1[nH]cnc1CC1C(=O)c2c(n(S(=O)(=O)c3ccccc3)c3ccccc23)C2OC(=O)/C=C\C(=O)OC12. The van der Waals surface area contributed by atoms with E-state index in [9.17, 15) is 22.8 Å². The number of hydrogen-bond donors (Lipinski definition) is 1. The van der Waals surface area contributed by atoms with E-state index in [2.05, 4.69) is 9.97 Å². The van der Waals surface area contributed by atoms with Crippen molar-refractivity contribution in [1.82, 2.24) is 13.9 Å². The van der Waals surface area contributed by atoms with Crippen LogP contribution in [0.1, 0.15) is 33.5 Å². The van der Waals surface area contributed by atoms with E-state index in [1.807, 2.05) is 0 Å². The Morgan fingerprint density at radius 3 is 2.34 bits per heavy atom. The quantitative estimate of drug-likeness (QED) is 0.397. The summed E-state index contributed by atoms with van der Waals surface area (Å²) in [6, 6.07) is 14.3. The predicted molar refractivity (Wildman–Crippen MR) is 134 cm³/mol. The molecule has 10 nitrogen and oxygen atoms in total. The van der Waals surface area contributed by atoms with Crippen molar-refractivity contribution < 1.29 is 32.3 Å². The minimum absolute atomic E-state index is 0.0177. The van der Waals surface area contributed by atoms with Crippen LogP contribution in [0.3, 0.4) is 0 Å². The molecule has 1 aliphatic carbocycles. The molecule has 0 saturated heterocycles. The Hall–Kier alpha value is -4.51. The Morgan fingerprint density at radius 2 is 1.63 bits per heavy atom. The van der Waals surface area contributed by atoms with Crippen LogP contribution in [0.25, 0.3) is 10.9 Å². The molecular weight excluding hydrogens is 510 g/mol. The molecule has 6 rings (SSSR count). The zero-order valence-electron chi connectivity index (χ0n) is 20.0. The standard InChI is InChI=1S/C27H21N3O7S/c1-15-19(29-14-28-15)13-18-25(33)23-17-9-5-6-10-20(17)30(38(34,35)16-7-3-2-4-8-16)24(23)27-26(18)36-21(31)11-12-22(32)37-27/h2-12,14,18,26-27H,13H2,1H3,(H,28,29)/b12-11-. The number of benzene rings is 2. The first-order chi connectivity index (χ1) is 18.3. The highest BCUT2D eigenvalue weighted by atomic mass is 32.2. The molecule has 0 saturated carbocycles. The van der Waals surface area contributed by atoms with Crippen molar-refractivity contribution in [3.8, 4) is 0 Å². The van der Waals surface area contributed by atoms with Gasteiger partial charge in [0.15, 0.2) is 18.0 Å². The molecule has 2 aromatic heterocycles. The van der Waals surface area contributed by atoms with E-state index < -0.39 is 45.9 Å². The van der Waals surface area contributed by atoms with Gasteiger partial charge in [0.1, 0.15) is 0 Å². The number of aromatic amines is 1. The van der Waals surface area contributed by atoms with Crippen LogP contribution >= 0.6 is 0 Å². The van der Waals surface area contributed by atoms with Crippen molar-refractivity contribution in [3.05, 3.63) is 95.7 Å². The first-order valence-corrected chi connectivity index (χ1v) is 13.3. The largest absolute Gasteiger partial charge is 0.454 e. The number of nitrogens with zero attached hydrogens (tertiary/aromatic N) is 2. The summed E-state index contributed by atoms with van der Waals surface area (Å²) in [7, 11) is -4.27. The Kier molecular flexibility index (Phi) is 5.53. The number of rotatable bonds is 4. The highest BCUT2D eigenvalue weighted by Crippen LogP contribution is 2.45. The summed E-state index contributed by atoms with van der Waals surface area (Å²) in [5.41, 5.74) is 1.59. The van der Waals surface area contributed by atoms with Gasteiger partial charge in [-0.25, -0.2) is 27.0 Å². The van der Waals surface area contributed by atoms with Crippen LogP contribution < -0.4 is 0 Å². The van der Waals surface area contributed by atoms with Crippen molar-refractivity contribution in [2.75, 3.05) is 0 Å². The van der Waals surface area contributed by atoms with Crippen molar-refractivity contribution in [1.29, 1.82) is 0 Å². The number of ether oxygens (including phenoxy) is 2. The van der Waals surface area contributed by atoms with Gasteiger partial charge in [-0.05, 0) is 25.1 Å². The van der Waals surface area contributed by atoms with Crippen LogP contribution in [-0.2, 0) is 35.5 Å². The monoisotopic (exact) mass is 531 g/mol. The predicted octanol–water partition coefficient (Wildman–Crippen LogP) is 3.03. The number of carbonyl (C=O) groups excluding carboxylic acids is 3. The van der Waals surface area contributed by atoms with E-state index in [4.69, 9.17) is 9.47 Å². The number of aromatic nitrogens is 3. The molecule has 3 unspecified atom stereocenters. The van der Waals surface area contributed by atoms with E-state index in [1.54, 1.807) is 49.4 Å². The second-order valence-electron chi connectivity index (χ2n) is 9.10. The fourth-order valence-corrected chi connectivity index (χ4v) is 6.74. The molecule has 1 N–H and O–H groups in total. The van der Waals surface area contributed by atoms with Crippen molar-refractivity contribution in [3.63, 3.8) is 0 Å². The number of carbonyl (C=O) groups is 3. The van der Waals surface area contributed by atoms with E-state index in [1.165, 1.54) is 18.5 Å². The number of aryl methyl sites for hydroxylation is 1. The number of fused-ring (bicyclic) bond motifs is 5. The maximum absolute atomic E-state index is 14.2. The van der Waals surface area contributed by atoms with Crippen molar-refractivity contribution in [2.45, 2.75) is 30.4 Å². The number of Topliss-reactive ketones (excluding diaryl/α,β-unsaturated/α-hetero) is 1. The molecule has 2 aromatic carbocycles. The third-order valence-electron chi connectivity index (χ3n) is 6.89. The summed E-state index contributed by atoms with van der Waals surface area (Å²) >= 11 is 0. The van der Waals surface area contributed by atoms with Gasteiger partial charge in [0.2, 0.25) is 0 Å². The highest BCUT2D eigenvalue weighted by molar-refractivity contribution is 7.90. The summed E-state index contributed by atoms with van der Waals surface area (Å²) in [5.74, 6) is -3.13. The van der Waals surface area contributed by atoms with Crippen LogP contribution in [0.5, 0.6) is 0 Å². The lowest BCUT2D eigenvalue weighted by Gasteiger charge is -2.37. The van der Waals surface area contributed by atoms with Crippen molar-refractivity contribution in [2.24, 2.45) is 5.92 Å². The Bertz CT molecular complexity index is 1750. The maximum atomic E-state index is 14.2. The smallest absolute Gasteiger partial charge is 0.331 e. The molecule has 0 spiro atoms. The van der Waals surface area contributed by atoms with Gasteiger partial charge in [-0.1, -0.05) is 36.4 Å². The first kappa shape index (κ1) is 23.9. The fourth-order valence-electron chi connectivity index (χ4n) is 5.16. The molecule has 192 valence electrons. The Morgan fingerprint density at radius 1 is 0.947 bits per heavy atom. The summed E-state index contributed by atoms with van der Waals surface area (Å²) in [6.45, 7) is 1.80. The van der Waals surface area contributed by atoms with Gasteiger partial charge in [-0.2, -0.15) is 0 Å². The number of imidazole rings is 1. The molecule has 3 heterocycles. The Balaban J connectivity index is 1.66. The molecule has 0 amide bonds.